The van der Waals surface area contributed by atoms with E-state index in [0.29, 0.717) is 0 Å². The molecular weight excluding hydrogens is 208 g/mol. The van der Waals surface area contributed by atoms with Crippen molar-refractivity contribution in [1.82, 2.24) is 9.97 Å². The van der Waals surface area contributed by atoms with Crippen LogP contribution in [0.3, 0.4) is 0 Å². The molecule has 0 aliphatic rings. The van der Waals surface area contributed by atoms with Crippen LogP contribution in [0.15, 0.2) is 54.9 Å². The standard InChI is InChI=1S/C15H12N2/c1-11-9-17-15(10-16-11)14-8-4-6-12-5-2-3-7-13(12)14/h2-10H,1H3. The lowest BCUT2D eigenvalue weighted by molar-refractivity contribution is 1.12. The fraction of sp³-hybridized carbons (Fsp3) is 0.0667. The van der Waals surface area contributed by atoms with Crippen LogP contribution < -0.4 is 0 Å². The molecule has 0 aliphatic carbocycles. The summed E-state index contributed by atoms with van der Waals surface area (Å²) < 4.78 is 0. The molecule has 0 N–H and O–H groups in total. The summed E-state index contributed by atoms with van der Waals surface area (Å²) in [7, 11) is 0. The number of hydrogen-bond acceptors (Lipinski definition) is 2. The maximum absolute atomic E-state index is 4.44. The number of nitrogens with zero attached hydrogens (tertiary/aromatic N) is 2. The average molecular weight is 220 g/mol. The molecule has 0 saturated heterocycles. The fourth-order valence-corrected chi connectivity index (χ4v) is 1.98. The molecule has 0 fully saturated rings. The Morgan fingerprint density at radius 2 is 1.65 bits per heavy atom. The molecular formula is C15H12N2. The summed E-state index contributed by atoms with van der Waals surface area (Å²) in [4.78, 5) is 8.74. The van der Waals surface area contributed by atoms with Crippen LogP contribution in [0.1, 0.15) is 5.69 Å². The zero-order valence-corrected chi connectivity index (χ0v) is 9.59. The van der Waals surface area contributed by atoms with E-state index in [1.807, 2.05) is 25.3 Å². The van der Waals surface area contributed by atoms with Crippen molar-refractivity contribution in [2.75, 3.05) is 0 Å². The minimum atomic E-state index is 0.924. The molecule has 0 unspecified atom stereocenters. The average Bonchev–Trinajstić information content (AvgIpc) is 2.39. The van der Waals surface area contributed by atoms with E-state index in [2.05, 4.69) is 40.3 Å². The summed E-state index contributed by atoms with van der Waals surface area (Å²) in [6.45, 7) is 1.94. The van der Waals surface area contributed by atoms with Gasteiger partial charge < -0.3 is 0 Å². The molecule has 0 amide bonds. The van der Waals surface area contributed by atoms with Crippen molar-refractivity contribution in [1.29, 1.82) is 0 Å². The van der Waals surface area contributed by atoms with Gasteiger partial charge in [-0.1, -0.05) is 42.5 Å². The van der Waals surface area contributed by atoms with Crippen molar-refractivity contribution in [3.8, 4) is 11.3 Å². The van der Waals surface area contributed by atoms with Gasteiger partial charge >= 0.3 is 0 Å². The van der Waals surface area contributed by atoms with Gasteiger partial charge in [0.05, 0.1) is 17.6 Å². The second kappa shape index (κ2) is 3.98. The molecule has 0 spiro atoms. The fourth-order valence-electron chi connectivity index (χ4n) is 1.98. The predicted octanol–water partition coefficient (Wildman–Crippen LogP) is 3.61. The molecule has 17 heavy (non-hydrogen) atoms. The molecule has 0 bridgehead atoms. The monoisotopic (exact) mass is 220 g/mol. The maximum atomic E-state index is 4.44. The Morgan fingerprint density at radius 1 is 0.824 bits per heavy atom. The smallest absolute Gasteiger partial charge is 0.0891 e. The molecule has 82 valence electrons. The zero-order valence-electron chi connectivity index (χ0n) is 9.59. The molecule has 0 saturated carbocycles. The number of hydrogen-bond donors (Lipinski definition) is 0. The molecule has 2 heteroatoms. The van der Waals surface area contributed by atoms with Crippen LogP contribution in [0.4, 0.5) is 0 Å². The topological polar surface area (TPSA) is 25.8 Å². The first-order valence-electron chi connectivity index (χ1n) is 5.61. The molecule has 3 rings (SSSR count). The number of rotatable bonds is 1. The van der Waals surface area contributed by atoms with Gasteiger partial charge in [0.15, 0.2) is 0 Å². The van der Waals surface area contributed by atoms with E-state index < -0.39 is 0 Å². The Morgan fingerprint density at radius 3 is 2.47 bits per heavy atom. The van der Waals surface area contributed by atoms with Crippen LogP contribution in [0.25, 0.3) is 22.0 Å². The summed E-state index contributed by atoms with van der Waals surface area (Å²) >= 11 is 0. The van der Waals surface area contributed by atoms with Crippen LogP contribution in [0.2, 0.25) is 0 Å². The molecule has 0 radical (unpaired) electrons. The summed E-state index contributed by atoms with van der Waals surface area (Å²) in [6.07, 6.45) is 3.63. The van der Waals surface area contributed by atoms with Crippen LogP contribution in [0, 0.1) is 6.92 Å². The Kier molecular flexibility index (Phi) is 2.33. The van der Waals surface area contributed by atoms with Crippen LogP contribution in [-0.2, 0) is 0 Å². The first-order valence-corrected chi connectivity index (χ1v) is 5.61. The molecule has 2 nitrogen and oxygen atoms in total. The highest BCUT2D eigenvalue weighted by molar-refractivity contribution is 5.95. The highest BCUT2D eigenvalue weighted by Crippen LogP contribution is 2.26. The van der Waals surface area contributed by atoms with Gasteiger partial charge in [-0.05, 0) is 17.7 Å². The SMILES string of the molecule is Cc1cnc(-c2cccc3ccccc23)cn1. The predicted molar refractivity (Wildman–Crippen MR) is 69.7 cm³/mol. The molecule has 3 aromatic rings. The van der Waals surface area contributed by atoms with Crippen molar-refractivity contribution in [3.63, 3.8) is 0 Å². The van der Waals surface area contributed by atoms with E-state index in [1.54, 1.807) is 6.20 Å². The van der Waals surface area contributed by atoms with Crippen LogP contribution >= 0.6 is 0 Å². The number of aryl methyl sites for hydroxylation is 1. The van der Waals surface area contributed by atoms with Gasteiger partial charge in [0.1, 0.15) is 0 Å². The molecule has 1 aromatic heterocycles. The van der Waals surface area contributed by atoms with Crippen molar-refractivity contribution < 1.29 is 0 Å². The summed E-state index contributed by atoms with van der Waals surface area (Å²) in [5.74, 6) is 0. The number of fused-ring (bicyclic) bond motifs is 1. The van der Waals surface area contributed by atoms with Gasteiger partial charge in [-0.2, -0.15) is 0 Å². The van der Waals surface area contributed by atoms with E-state index in [1.165, 1.54) is 10.8 Å². The lowest BCUT2D eigenvalue weighted by atomic mass is 10.0. The minimum Gasteiger partial charge on any atom is -0.258 e. The lowest BCUT2D eigenvalue weighted by Crippen LogP contribution is -1.88. The summed E-state index contributed by atoms with van der Waals surface area (Å²) in [6, 6.07) is 14.6. The Hall–Kier alpha value is -2.22. The quantitative estimate of drug-likeness (QED) is 0.626. The van der Waals surface area contributed by atoms with Gasteiger partial charge in [0.25, 0.3) is 0 Å². The van der Waals surface area contributed by atoms with Crippen molar-refractivity contribution >= 4 is 10.8 Å². The second-order valence-electron chi connectivity index (χ2n) is 4.07. The zero-order chi connectivity index (χ0) is 11.7. The van der Waals surface area contributed by atoms with Crippen molar-refractivity contribution in [2.24, 2.45) is 0 Å². The van der Waals surface area contributed by atoms with E-state index in [0.717, 1.165) is 17.0 Å². The van der Waals surface area contributed by atoms with E-state index in [9.17, 15) is 0 Å². The van der Waals surface area contributed by atoms with Crippen LogP contribution in [-0.4, -0.2) is 9.97 Å². The normalized spacial score (nSPS) is 10.6. The van der Waals surface area contributed by atoms with Gasteiger partial charge in [-0.25, -0.2) is 0 Å². The maximum Gasteiger partial charge on any atom is 0.0891 e. The van der Waals surface area contributed by atoms with Crippen molar-refractivity contribution in [2.45, 2.75) is 6.92 Å². The Balaban J connectivity index is 2.27. The summed E-state index contributed by atoms with van der Waals surface area (Å²) in [5.41, 5.74) is 3.00. The number of benzene rings is 2. The lowest BCUT2D eigenvalue weighted by Gasteiger charge is -2.05. The van der Waals surface area contributed by atoms with Gasteiger partial charge in [0.2, 0.25) is 0 Å². The Labute approximate surface area is 100.0 Å². The Bertz CT molecular complexity index is 652. The third-order valence-corrected chi connectivity index (χ3v) is 2.85. The second-order valence-corrected chi connectivity index (χ2v) is 4.07. The first-order chi connectivity index (χ1) is 8.34. The van der Waals surface area contributed by atoms with E-state index in [-0.39, 0.29) is 0 Å². The van der Waals surface area contributed by atoms with Gasteiger partial charge in [0, 0.05) is 11.8 Å². The van der Waals surface area contributed by atoms with Gasteiger partial charge in [-0.15, -0.1) is 0 Å². The first kappa shape index (κ1) is 9.97. The molecule has 2 aromatic carbocycles. The molecule has 0 aliphatic heterocycles. The highest BCUT2D eigenvalue weighted by atomic mass is 14.8. The van der Waals surface area contributed by atoms with E-state index in [4.69, 9.17) is 0 Å². The van der Waals surface area contributed by atoms with Gasteiger partial charge in [-0.3, -0.25) is 9.97 Å². The molecule has 1 heterocycles. The third kappa shape index (κ3) is 1.78. The van der Waals surface area contributed by atoms with Crippen molar-refractivity contribution in [3.05, 3.63) is 60.6 Å². The largest absolute Gasteiger partial charge is 0.258 e. The van der Waals surface area contributed by atoms with Crippen LogP contribution in [0.5, 0.6) is 0 Å². The summed E-state index contributed by atoms with van der Waals surface area (Å²) in [5, 5.41) is 2.44. The minimum absolute atomic E-state index is 0.924. The third-order valence-electron chi connectivity index (χ3n) is 2.85. The number of aromatic nitrogens is 2. The van der Waals surface area contributed by atoms with E-state index >= 15 is 0 Å². The highest BCUT2D eigenvalue weighted by Gasteiger charge is 2.04. The molecule has 0 atom stereocenters.